The average Bonchev–Trinajstić information content (AvgIpc) is 3.40. The number of esters is 1. The van der Waals surface area contributed by atoms with E-state index in [0.717, 1.165) is 37.0 Å². The van der Waals surface area contributed by atoms with E-state index in [1.807, 2.05) is 0 Å². The number of hydrogen-bond acceptors (Lipinski definition) is 8. The number of hydrogen-bond donors (Lipinski definition) is 0. The molecule has 0 aliphatic carbocycles. The molecule has 152 valence electrons. The molecule has 2 atom stereocenters. The van der Waals surface area contributed by atoms with E-state index in [1.165, 1.54) is 21.1 Å². The normalized spacial score (nSPS) is 17.9. The van der Waals surface area contributed by atoms with Crippen molar-refractivity contribution in [1.82, 2.24) is 15.1 Å². The predicted octanol–water partition coefficient (Wildman–Crippen LogP) is 3.34. The van der Waals surface area contributed by atoms with Gasteiger partial charge in [0.05, 0.1) is 17.3 Å². The first-order valence-corrected chi connectivity index (χ1v) is 12.0. The van der Waals surface area contributed by atoms with Crippen LogP contribution in [0.5, 0.6) is 0 Å². The van der Waals surface area contributed by atoms with Crippen molar-refractivity contribution < 1.29 is 18.5 Å². The smallest absolute Gasteiger partial charge is 0.350 e. The third kappa shape index (κ3) is 4.76. The molecule has 2 amide bonds. The van der Waals surface area contributed by atoms with E-state index in [4.69, 9.17) is 4.74 Å². The van der Waals surface area contributed by atoms with Crippen LogP contribution < -0.4 is 4.90 Å². The number of nitrogens with zero attached hydrogens (tertiary/aromatic N) is 4. The van der Waals surface area contributed by atoms with E-state index in [0.29, 0.717) is 15.0 Å². The summed E-state index contributed by atoms with van der Waals surface area (Å²) in [7, 11) is 0.382. The van der Waals surface area contributed by atoms with Gasteiger partial charge in [-0.2, -0.15) is 0 Å². The number of aromatic nitrogens is 2. The van der Waals surface area contributed by atoms with Gasteiger partial charge in [0.2, 0.25) is 15.7 Å². The molecule has 11 heteroatoms. The van der Waals surface area contributed by atoms with E-state index in [9.17, 15) is 13.8 Å². The number of thiophene rings is 1. The van der Waals surface area contributed by atoms with Crippen LogP contribution in [0.3, 0.4) is 0 Å². The van der Waals surface area contributed by atoms with Crippen molar-refractivity contribution in [1.29, 1.82) is 0 Å². The quantitative estimate of drug-likeness (QED) is 0.336. The van der Waals surface area contributed by atoms with Crippen molar-refractivity contribution in [3.05, 3.63) is 22.4 Å². The van der Waals surface area contributed by atoms with Crippen LogP contribution in [-0.4, -0.2) is 56.9 Å². The summed E-state index contributed by atoms with van der Waals surface area (Å²) in [6, 6.07) is 3.10. The molecule has 3 heterocycles. The van der Waals surface area contributed by atoms with E-state index in [2.05, 4.69) is 17.1 Å². The molecule has 1 fully saturated rings. The Morgan fingerprint density at radius 2 is 2.18 bits per heavy atom. The minimum atomic E-state index is -1.25. The third-order valence-corrected chi connectivity index (χ3v) is 7.70. The largest absolute Gasteiger partial charge is 0.435 e. The molecular weight excluding hydrogens is 420 g/mol. The number of likely N-dealkylation sites (N-methyl/N-ethyl adjacent to an activating group) is 1. The maximum Gasteiger partial charge on any atom is 0.350 e. The van der Waals surface area contributed by atoms with Gasteiger partial charge in [-0.1, -0.05) is 43.6 Å². The zero-order chi connectivity index (χ0) is 20.1. The molecule has 0 saturated carbocycles. The highest BCUT2D eigenvalue weighted by Crippen LogP contribution is 2.30. The van der Waals surface area contributed by atoms with E-state index < -0.39 is 23.0 Å². The van der Waals surface area contributed by atoms with E-state index >= 15 is 0 Å². The number of amides is 2. The second-order valence-corrected chi connectivity index (χ2v) is 9.98. The fourth-order valence-electron chi connectivity index (χ4n) is 2.71. The molecule has 8 nitrogen and oxygen atoms in total. The summed E-state index contributed by atoms with van der Waals surface area (Å²) in [6.45, 7) is 2.35. The van der Waals surface area contributed by atoms with E-state index in [-0.39, 0.29) is 17.7 Å². The second kappa shape index (κ2) is 9.57. The maximum absolute atomic E-state index is 12.5. The number of rotatable bonds is 9. The summed E-state index contributed by atoms with van der Waals surface area (Å²) < 4.78 is 18.3. The highest BCUT2D eigenvalue weighted by atomic mass is 32.2. The standard InChI is InChI=1S/C17H22N4O4S3/c1-3-4-5-6-10-28(24)16-19-18-15(27-16)21-13(11-20(2)17(21)23)25-14(22)12-8-7-9-26-12/h7-9,13H,3-6,10-11H2,1-2H3. The van der Waals surface area contributed by atoms with Gasteiger partial charge in [-0.05, 0) is 17.9 Å². The Bertz CT molecular complexity index is 839. The summed E-state index contributed by atoms with van der Waals surface area (Å²) in [5.74, 6) is 0.0385. The number of unbranched alkanes of at least 4 members (excludes halogenated alkanes) is 3. The molecule has 2 aromatic heterocycles. The Hall–Kier alpha value is -1.85. The van der Waals surface area contributed by atoms with Gasteiger partial charge in [-0.15, -0.1) is 21.5 Å². The van der Waals surface area contributed by atoms with Crippen LogP contribution >= 0.6 is 22.7 Å². The summed E-state index contributed by atoms with van der Waals surface area (Å²) in [5, 5.41) is 10.1. The predicted molar refractivity (Wildman–Crippen MR) is 109 cm³/mol. The van der Waals surface area contributed by atoms with Gasteiger partial charge in [0, 0.05) is 12.8 Å². The number of anilines is 1. The van der Waals surface area contributed by atoms with Gasteiger partial charge in [0.1, 0.15) is 4.88 Å². The molecule has 1 aliphatic rings. The molecule has 2 unspecified atom stereocenters. The lowest BCUT2D eigenvalue weighted by Gasteiger charge is -2.19. The lowest BCUT2D eigenvalue weighted by atomic mass is 10.2. The molecule has 0 radical (unpaired) electrons. The van der Waals surface area contributed by atoms with Crippen molar-refractivity contribution in [2.45, 2.75) is 43.2 Å². The fraction of sp³-hybridized carbons (Fsp3) is 0.529. The first kappa shape index (κ1) is 20.9. The van der Waals surface area contributed by atoms with Crippen LogP contribution in [0.2, 0.25) is 0 Å². The molecule has 3 rings (SSSR count). The van der Waals surface area contributed by atoms with Crippen molar-refractivity contribution in [2.24, 2.45) is 0 Å². The summed E-state index contributed by atoms with van der Waals surface area (Å²) in [4.78, 5) is 28.0. The Kier molecular flexibility index (Phi) is 7.13. The van der Waals surface area contributed by atoms with Crippen molar-refractivity contribution >= 4 is 50.6 Å². The summed E-state index contributed by atoms with van der Waals surface area (Å²) in [6.07, 6.45) is 3.33. The molecule has 2 aromatic rings. The Balaban J connectivity index is 1.69. The van der Waals surface area contributed by atoms with Gasteiger partial charge in [-0.25, -0.2) is 14.5 Å². The first-order chi connectivity index (χ1) is 13.5. The number of urea groups is 1. The zero-order valence-corrected chi connectivity index (χ0v) is 18.1. The Labute approximate surface area is 174 Å². The van der Waals surface area contributed by atoms with Gasteiger partial charge >= 0.3 is 12.0 Å². The van der Waals surface area contributed by atoms with Crippen molar-refractivity contribution in [3.8, 4) is 0 Å². The van der Waals surface area contributed by atoms with Gasteiger partial charge in [-0.3, -0.25) is 4.21 Å². The van der Waals surface area contributed by atoms with Crippen LogP contribution in [-0.2, 0) is 15.5 Å². The van der Waals surface area contributed by atoms with Gasteiger partial charge in [0.15, 0.2) is 0 Å². The number of carbonyl (C=O) groups excluding carboxylic acids is 2. The lowest BCUT2D eigenvalue weighted by molar-refractivity contribution is 0.0337. The average molecular weight is 443 g/mol. The van der Waals surface area contributed by atoms with Gasteiger partial charge in [0.25, 0.3) is 0 Å². The Morgan fingerprint density at radius 1 is 1.36 bits per heavy atom. The molecular formula is C17H22N4O4S3. The molecule has 0 aromatic carbocycles. The minimum Gasteiger partial charge on any atom is -0.435 e. The molecule has 1 aliphatic heterocycles. The zero-order valence-electron chi connectivity index (χ0n) is 15.7. The fourth-order valence-corrected chi connectivity index (χ4v) is 5.55. The van der Waals surface area contributed by atoms with Crippen molar-refractivity contribution in [2.75, 3.05) is 24.2 Å². The van der Waals surface area contributed by atoms with Crippen LogP contribution in [0.25, 0.3) is 0 Å². The molecule has 1 saturated heterocycles. The monoisotopic (exact) mass is 442 g/mol. The summed E-state index contributed by atoms with van der Waals surface area (Å²) in [5.41, 5.74) is 0. The van der Waals surface area contributed by atoms with Gasteiger partial charge < -0.3 is 9.64 Å². The lowest BCUT2D eigenvalue weighted by Crippen LogP contribution is -2.37. The van der Waals surface area contributed by atoms with Crippen LogP contribution in [0.4, 0.5) is 9.93 Å². The van der Waals surface area contributed by atoms with Crippen molar-refractivity contribution in [3.63, 3.8) is 0 Å². The first-order valence-electron chi connectivity index (χ1n) is 9.02. The second-order valence-electron chi connectivity index (χ2n) is 6.33. The SMILES string of the molecule is CCCCCCS(=O)c1nnc(N2C(=O)N(C)CC2OC(=O)c2cccs2)s1. The molecule has 0 N–H and O–H groups in total. The third-order valence-electron chi connectivity index (χ3n) is 4.20. The number of ether oxygens (including phenoxy) is 1. The van der Waals surface area contributed by atoms with Crippen LogP contribution in [0.15, 0.2) is 21.9 Å². The Morgan fingerprint density at radius 3 is 2.89 bits per heavy atom. The highest BCUT2D eigenvalue weighted by molar-refractivity contribution is 7.87. The summed E-state index contributed by atoms with van der Waals surface area (Å²) >= 11 is 2.38. The topological polar surface area (TPSA) is 92.7 Å². The minimum absolute atomic E-state index is 0.227. The van der Waals surface area contributed by atoms with Crippen LogP contribution in [0, 0.1) is 0 Å². The van der Waals surface area contributed by atoms with E-state index in [1.54, 1.807) is 24.6 Å². The maximum atomic E-state index is 12.5. The molecule has 0 bridgehead atoms. The molecule has 0 spiro atoms. The van der Waals surface area contributed by atoms with Crippen LogP contribution in [0.1, 0.15) is 42.3 Å². The molecule has 28 heavy (non-hydrogen) atoms. The number of carbonyl (C=O) groups is 2. The highest BCUT2D eigenvalue weighted by Gasteiger charge is 2.41.